The third-order valence-electron chi connectivity index (χ3n) is 4.36. The van der Waals surface area contributed by atoms with Crippen LogP contribution >= 0.6 is 0 Å². The van der Waals surface area contributed by atoms with E-state index in [9.17, 15) is 0 Å². The zero-order valence-corrected chi connectivity index (χ0v) is 10.9. The van der Waals surface area contributed by atoms with Gasteiger partial charge in [0.05, 0.1) is 0 Å². The molecule has 0 amide bonds. The number of piperidine rings is 1. The molecule has 2 heteroatoms. The molecule has 2 N–H and O–H groups in total. The fourth-order valence-electron chi connectivity index (χ4n) is 3.14. The predicted molar refractivity (Wildman–Crippen MR) is 69.7 cm³/mol. The van der Waals surface area contributed by atoms with Crippen LogP contribution in [0.4, 0.5) is 0 Å². The topological polar surface area (TPSA) is 24.1 Å². The van der Waals surface area contributed by atoms with Gasteiger partial charge >= 0.3 is 0 Å². The second-order valence-electron chi connectivity index (χ2n) is 6.16. The Bertz CT molecular complexity index is 189. The Morgan fingerprint density at radius 2 is 1.88 bits per heavy atom. The van der Waals surface area contributed by atoms with Gasteiger partial charge in [-0.3, -0.25) is 0 Å². The van der Waals surface area contributed by atoms with Gasteiger partial charge in [-0.15, -0.1) is 0 Å². The van der Waals surface area contributed by atoms with E-state index in [-0.39, 0.29) is 0 Å². The first-order valence-corrected chi connectivity index (χ1v) is 7.23. The second-order valence-corrected chi connectivity index (χ2v) is 6.16. The summed E-state index contributed by atoms with van der Waals surface area (Å²) >= 11 is 0. The van der Waals surface area contributed by atoms with Crippen molar-refractivity contribution in [1.82, 2.24) is 10.6 Å². The van der Waals surface area contributed by atoms with E-state index in [2.05, 4.69) is 17.6 Å². The molecule has 1 unspecified atom stereocenters. The molecule has 1 aliphatic heterocycles. The normalized spacial score (nSPS) is 33.6. The molecule has 2 aliphatic rings. The highest BCUT2D eigenvalue weighted by Gasteiger charge is 2.27. The van der Waals surface area contributed by atoms with Crippen molar-refractivity contribution in [2.75, 3.05) is 19.6 Å². The first-order valence-electron chi connectivity index (χ1n) is 7.23. The molecule has 1 atom stereocenters. The highest BCUT2D eigenvalue weighted by Crippen LogP contribution is 2.25. The Kier molecular flexibility index (Phi) is 4.66. The molecule has 0 aromatic heterocycles. The zero-order valence-electron chi connectivity index (χ0n) is 10.9. The summed E-state index contributed by atoms with van der Waals surface area (Å²) in [5, 5.41) is 7.37. The van der Waals surface area contributed by atoms with Crippen LogP contribution in [0.15, 0.2) is 0 Å². The first-order chi connectivity index (χ1) is 7.79. The van der Waals surface area contributed by atoms with E-state index in [1.54, 1.807) is 0 Å². The zero-order chi connectivity index (χ0) is 11.3. The maximum atomic E-state index is 3.83. The summed E-state index contributed by atoms with van der Waals surface area (Å²) in [6.45, 7) is 6.07. The maximum absolute atomic E-state index is 3.83. The van der Waals surface area contributed by atoms with Gasteiger partial charge in [0.2, 0.25) is 0 Å². The fourth-order valence-corrected chi connectivity index (χ4v) is 3.14. The summed E-state index contributed by atoms with van der Waals surface area (Å²) in [7, 11) is 0. The molecule has 0 radical (unpaired) electrons. The number of hydrogen-bond donors (Lipinski definition) is 2. The lowest BCUT2D eigenvalue weighted by Crippen LogP contribution is -2.46. The van der Waals surface area contributed by atoms with Gasteiger partial charge in [-0.25, -0.2) is 0 Å². The van der Waals surface area contributed by atoms with E-state index in [1.807, 2.05) is 0 Å². The van der Waals surface area contributed by atoms with Gasteiger partial charge < -0.3 is 10.6 Å². The molecule has 2 fully saturated rings. The average Bonchev–Trinajstić information content (AvgIpc) is 2.56. The predicted octanol–water partition coefficient (Wildman–Crippen LogP) is 2.69. The lowest BCUT2D eigenvalue weighted by molar-refractivity contribution is 0.215. The molecule has 1 aliphatic carbocycles. The van der Waals surface area contributed by atoms with Crippen molar-refractivity contribution in [2.45, 2.75) is 64.3 Å². The summed E-state index contributed by atoms with van der Waals surface area (Å²) in [4.78, 5) is 0. The van der Waals surface area contributed by atoms with Gasteiger partial charge in [0, 0.05) is 19.1 Å². The minimum absolute atomic E-state index is 0.505. The molecule has 1 heterocycles. The molecule has 0 bridgehead atoms. The summed E-state index contributed by atoms with van der Waals surface area (Å²) in [5.74, 6) is 0. The quantitative estimate of drug-likeness (QED) is 0.720. The van der Waals surface area contributed by atoms with Crippen LogP contribution in [0.25, 0.3) is 0 Å². The van der Waals surface area contributed by atoms with Gasteiger partial charge in [0.25, 0.3) is 0 Å². The van der Waals surface area contributed by atoms with Crippen molar-refractivity contribution in [3.8, 4) is 0 Å². The molecule has 16 heavy (non-hydrogen) atoms. The summed E-state index contributed by atoms with van der Waals surface area (Å²) in [6.07, 6.45) is 11.3. The molecule has 0 spiro atoms. The minimum atomic E-state index is 0.505. The molecule has 2 nitrogen and oxygen atoms in total. The number of rotatable bonds is 3. The van der Waals surface area contributed by atoms with Crippen LogP contribution in [0.1, 0.15) is 58.3 Å². The van der Waals surface area contributed by atoms with Crippen LogP contribution in [-0.2, 0) is 0 Å². The van der Waals surface area contributed by atoms with Crippen LogP contribution in [0.2, 0.25) is 0 Å². The Labute approximate surface area is 101 Å². The Hall–Kier alpha value is -0.0800. The van der Waals surface area contributed by atoms with Crippen molar-refractivity contribution >= 4 is 0 Å². The lowest BCUT2D eigenvalue weighted by atomic mass is 9.82. The molecular formula is C14H28N2. The van der Waals surface area contributed by atoms with Crippen LogP contribution in [0, 0.1) is 5.41 Å². The molecular weight excluding hydrogens is 196 g/mol. The summed E-state index contributed by atoms with van der Waals surface area (Å²) in [5.41, 5.74) is 0.505. The minimum Gasteiger partial charge on any atom is -0.316 e. The molecule has 94 valence electrons. The number of nitrogens with one attached hydrogen (secondary N) is 2. The van der Waals surface area contributed by atoms with Crippen LogP contribution in [0.5, 0.6) is 0 Å². The molecule has 2 rings (SSSR count). The van der Waals surface area contributed by atoms with E-state index < -0.39 is 0 Å². The number of hydrogen-bond acceptors (Lipinski definition) is 2. The summed E-state index contributed by atoms with van der Waals surface area (Å²) in [6, 6.07) is 0.807. The Morgan fingerprint density at radius 1 is 1.12 bits per heavy atom. The molecule has 0 aromatic carbocycles. The van der Waals surface area contributed by atoms with Gasteiger partial charge in [-0.2, -0.15) is 0 Å². The standard InChI is InChI=1S/C14H28N2/c1-14(9-6-10-15-11-14)12-16-13-7-4-2-3-5-8-13/h13,15-16H,2-12H2,1H3. The highest BCUT2D eigenvalue weighted by atomic mass is 15.0. The van der Waals surface area contributed by atoms with Gasteiger partial charge in [0.15, 0.2) is 0 Å². The Balaban J connectivity index is 1.72. The third-order valence-corrected chi connectivity index (χ3v) is 4.36. The van der Waals surface area contributed by atoms with Gasteiger partial charge in [0.1, 0.15) is 0 Å². The molecule has 0 aromatic rings. The van der Waals surface area contributed by atoms with Crippen LogP contribution < -0.4 is 10.6 Å². The smallest absolute Gasteiger partial charge is 0.00673 e. The van der Waals surface area contributed by atoms with Gasteiger partial charge in [-0.1, -0.05) is 32.6 Å². The average molecular weight is 224 g/mol. The Morgan fingerprint density at radius 3 is 2.50 bits per heavy atom. The third kappa shape index (κ3) is 3.74. The van der Waals surface area contributed by atoms with E-state index in [0.29, 0.717) is 5.41 Å². The molecule has 1 saturated heterocycles. The van der Waals surface area contributed by atoms with Crippen molar-refractivity contribution in [3.63, 3.8) is 0 Å². The van der Waals surface area contributed by atoms with E-state index >= 15 is 0 Å². The van der Waals surface area contributed by atoms with E-state index in [4.69, 9.17) is 0 Å². The van der Waals surface area contributed by atoms with Crippen molar-refractivity contribution < 1.29 is 0 Å². The van der Waals surface area contributed by atoms with Crippen LogP contribution in [-0.4, -0.2) is 25.7 Å². The van der Waals surface area contributed by atoms with Crippen molar-refractivity contribution in [2.24, 2.45) is 5.41 Å². The summed E-state index contributed by atoms with van der Waals surface area (Å²) < 4.78 is 0. The monoisotopic (exact) mass is 224 g/mol. The second kappa shape index (κ2) is 6.02. The maximum Gasteiger partial charge on any atom is 0.00673 e. The van der Waals surface area contributed by atoms with Crippen LogP contribution in [0.3, 0.4) is 0 Å². The van der Waals surface area contributed by atoms with Crippen molar-refractivity contribution in [1.29, 1.82) is 0 Å². The largest absolute Gasteiger partial charge is 0.316 e. The SMILES string of the molecule is CC1(CNC2CCCCCC2)CCCNC1. The van der Waals surface area contributed by atoms with E-state index in [1.165, 1.54) is 71.0 Å². The van der Waals surface area contributed by atoms with Crippen molar-refractivity contribution in [3.05, 3.63) is 0 Å². The highest BCUT2D eigenvalue weighted by molar-refractivity contribution is 4.85. The van der Waals surface area contributed by atoms with Gasteiger partial charge in [-0.05, 0) is 37.6 Å². The molecule has 1 saturated carbocycles. The fraction of sp³-hybridized carbons (Fsp3) is 1.00. The van der Waals surface area contributed by atoms with E-state index in [0.717, 1.165) is 6.04 Å². The lowest BCUT2D eigenvalue weighted by Gasteiger charge is -2.35. The first kappa shape index (κ1) is 12.4.